The van der Waals surface area contributed by atoms with Crippen LogP contribution in [-0.2, 0) is 0 Å². The van der Waals surface area contributed by atoms with Crippen LogP contribution in [0.4, 0.5) is 0 Å². The monoisotopic (exact) mass is 263 g/mol. The molecule has 0 bridgehead atoms. The van der Waals surface area contributed by atoms with Crippen LogP contribution < -0.4 is 0 Å². The maximum Gasteiger partial charge on any atom is 0.101 e. The smallest absolute Gasteiger partial charge is 0.101 e. The number of nitriles is 1. The van der Waals surface area contributed by atoms with Crippen molar-refractivity contribution in [3.63, 3.8) is 0 Å². The van der Waals surface area contributed by atoms with E-state index in [9.17, 15) is 5.26 Å². The molecule has 0 spiro atoms. The van der Waals surface area contributed by atoms with Gasteiger partial charge in [0.05, 0.1) is 11.3 Å². The molecule has 3 nitrogen and oxygen atoms in total. The van der Waals surface area contributed by atoms with Crippen LogP contribution in [0.2, 0.25) is 0 Å². The van der Waals surface area contributed by atoms with Gasteiger partial charge in [0.1, 0.15) is 6.07 Å². The van der Waals surface area contributed by atoms with Crippen LogP contribution in [0.5, 0.6) is 0 Å². The molecule has 0 N–H and O–H groups in total. The summed E-state index contributed by atoms with van der Waals surface area (Å²) in [5, 5.41) is 9.36. The number of aryl methyl sites for hydroxylation is 1. The molecule has 2 heterocycles. The van der Waals surface area contributed by atoms with Gasteiger partial charge in [-0.15, -0.1) is 0 Å². The van der Waals surface area contributed by atoms with E-state index >= 15 is 0 Å². The normalized spacial score (nSPS) is 15.2. The maximum absolute atomic E-state index is 9.36. The minimum atomic E-state index is 0.613. The second-order valence-corrected chi connectivity index (χ2v) is 5.31. The van der Waals surface area contributed by atoms with Gasteiger partial charge >= 0.3 is 0 Å². The SMILES string of the molecule is Cc1cc(/C=C(\C#N)c2ccccn2)c(C)n1C1CC1. The lowest BCUT2D eigenvalue weighted by atomic mass is 10.1. The molecule has 0 aliphatic heterocycles. The standard InChI is InChI=1S/C17H17N3/c1-12-9-14(13(2)20(12)16-6-7-16)10-15(11-18)17-5-3-4-8-19-17/h3-5,8-10,16H,6-7H2,1-2H3/b15-10+. The topological polar surface area (TPSA) is 41.6 Å². The van der Waals surface area contributed by atoms with Crippen molar-refractivity contribution in [2.45, 2.75) is 32.7 Å². The van der Waals surface area contributed by atoms with Crippen molar-refractivity contribution < 1.29 is 0 Å². The molecule has 0 saturated heterocycles. The quantitative estimate of drug-likeness (QED) is 0.788. The molecule has 0 radical (unpaired) electrons. The Kier molecular flexibility index (Phi) is 3.15. The lowest BCUT2D eigenvalue weighted by molar-refractivity contribution is 0.699. The Bertz CT molecular complexity index is 698. The Balaban J connectivity index is 2.03. The molecule has 3 heteroatoms. The van der Waals surface area contributed by atoms with Crippen molar-refractivity contribution in [1.82, 2.24) is 9.55 Å². The first-order valence-corrected chi connectivity index (χ1v) is 6.92. The second kappa shape index (κ2) is 4.97. The third-order valence-corrected chi connectivity index (χ3v) is 3.80. The number of pyridine rings is 1. The predicted octanol–water partition coefficient (Wildman–Crippen LogP) is 3.90. The van der Waals surface area contributed by atoms with Crippen molar-refractivity contribution in [3.8, 4) is 6.07 Å². The molecule has 0 unspecified atom stereocenters. The molecular formula is C17H17N3. The highest BCUT2D eigenvalue weighted by atomic mass is 15.1. The number of nitrogens with zero attached hydrogens (tertiary/aromatic N) is 3. The van der Waals surface area contributed by atoms with E-state index in [2.05, 4.69) is 35.5 Å². The summed E-state index contributed by atoms with van der Waals surface area (Å²) >= 11 is 0. The second-order valence-electron chi connectivity index (χ2n) is 5.31. The molecular weight excluding hydrogens is 246 g/mol. The lowest BCUT2D eigenvalue weighted by Gasteiger charge is -2.06. The van der Waals surface area contributed by atoms with Gasteiger partial charge in [-0.2, -0.15) is 5.26 Å². The van der Waals surface area contributed by atoms with E-state index in [4.69, 9.17) is 0 Å². The molecule has 0 amide bonds. The van der Waals surface area contributed by atoms with Gasteiger partial charge in [0.15, 0.2) is 0 Å². The molecule has 0 aromatic carbocycles. The van der Waals surface area contributed by atoms with Crippen LogP contribution in [0.1, 0.15) is 41.5 Å². The van der Waals surface area contributed by atoms with Gasteiger partial charge in [0.25, 0.3) is 0 Å². The molecule has 1 aliphatic carbocycles. The van der Waals surface area contributed by atoms with Crippen LogP contribution in [0.15, 0.2) is 30.5 Å². The fourth-order valence-corrected chi connectivity index (χ4v) is 2.68. The Hall–Kier alpha value is -2.34. The Labute approximate surface area is 119 Å². The third-order valence-electron chi connectivity index (χ3n) is 3.80. The zero-order chi connectivity index (χ0) is 14.1. The van der Waals surface area contributed by atoms with Gasteiger partial charge in [-0.05, 0) is 56.5 Å². The minimum Gasteiger partial charge on any atom is -0.346 e. The lowest BCUT2D eigenvalue weighted by Crippen LogP contribution is -1.98. The van der Waals surface area contributed by atoms with Gasteiger partial charge in [-0.25, -0.2) is 0 Å². The summed E-state index contributed by atoms with van der Waals surface area (Å²) in [6, 6.07) is 10.7. The van der Waals surface area contributed by atoms with Crippen molar-refractivity contribution in [2.24, 2.45) is 0 Å². The number of allylic oxidation sites excluding steroid dienone is 1. The van der Waals surface area contributed by atoms with Crippen molar-refractivity contribution >= 4 is 11.6 Å². The third kappa shape index (κ3) is 2.25. The molecule has 2 aromatic rings. The van der Waals surface area contributed by atoms with Gasteiger partial charge in [0.2, 0.25) is 0 Å². The summed E-state index contributed by atoms with van der Waals surface area (Å²) in [6.45, 7) is 4.26. The van der Waals surface area contributed by atoms with Crippen molar-refractivity contribution in [2.75, 3.05) is 0 Å². The molecule has 1 fully saturated rings. The highest BCUT2D eigenvalue weighted by molar-refractivity contribution is 5.88. The maximum atomic E-state index is 9.36. The zero-order valence-electron chi connectivity index (χ0n) is 11.8. The van der Waals surface area contributed by atoms with Crippen molar-refractivity contribution in [3.05, 3.63) is 53.1 Å². The van der Waals surface area contributed by atoms with Gasteiger partial charge in [-0.1, -0.05) is 6.07 Å². The van der Waals surface area contributed by atoms with E-state index in [-0.39, 0.29) is 0 Å². The van der Waals surface area contributed by atoms with Crippen LogP contribution in [-0.4, -0.2) is 9.55 Å². The van der Waals surface area contributed by atoms with Crippen LogP contribution in [0.25, 0.3) is 11.6 Å². The van der Waals surface area contributed by atoms with Crippen LogP contribution >= 0.6 is 0 Å². The van der Waals surface area contributed by atoms with Crippen LogP contribution in [0.3, 0.4) is 0 Å². The van der Waals surface area contributed by atoms with E-state index in [0.717, 1.165) is 11.3 Å². The van der Waals surface area contributed by atoms with Gasteiger partial charge < -0.3 is 4.57 Å². The van der Waals surface area contributed by atoms with E-state index < -0.39 is 0 Å². The molecule has 3 rings (SSSR count). The summed E-state index contributed by atoms with van der Waals surface area (Å²) in [5.41, 5.74) is 4.98. The van der Waals surface area contributed by atoms with Crippen molar-refractivity contribution in [1.29, 1.82) is 5.26 Å². The average molecular weight is 263 g/mol. The summed E-state index contributed by atoms with van der Waals surface area (Å²) in [4.78, 5) is 4.25. The molecule has 2 aromatic heterocycles. The fraction of sp³-hybridized carbons (Fsp3) is 0.294. The minimum absolute atomic E-state index is 0.613. The fourth-order valence-electron chi connectivity index (χ4n) is 2.68. The predicted molar refractivity (Wildman–Crippen MR) is 79.9 cm³/mol. The van der Waals surface area contributed by atoms with E-state index in [1.165, 1.54) is 24.2 Å². The zero-order valence-corrected chi connectivity index (χ0v) is 11.8. The average Bonchev–Trinajstić information content (AvgIpc) is 3.25. The Morgan fingerprint density at radius 3 is 2.80 bits per heavy atom. The first-order chi connectivity index (χ1) is 9.70. The number of aromatic nitrogens is 2. The molecule has 20 heavy (non-hydrogen) atoms. The van der Waals surface area contributed by atoms with E-state index in [1.54, 1.807) is 6.20 Å². The largest absolute Gasteiger partial charge is 0.346 e. The number of hydrogen-bond donors (Lipinski definition) is 0. The Morgan fingerprint density at radius 1 is 1.40 bits per heavy atom. The Morgan fingerprint density at radius 2 is 2.20 bits per heavy atom. The molecule has 1 aliphatic rings. The summed E-state index contributed by atoms with van der Waals surface area (Å²) in [6.07, 6.45) is 6.20. The van der Waals surface area contributed by atoms with E-state index in [0.29, 0.717) is 11.6 Å². The van der Waals surface area contributed by atoms with Gasteiger partial charge in [0, 0.05) is 23.6 Å². The molecule has 1 saturated carbocycles. The first-order valence-electron chi connectivity index (χ1n) is 6.92. The molecule has 100 valence electrons. The summed E-state index contributed by atoms with van der Waals surface area (Å²) in [7, 11) is 0. The highest BCUT2D eigenvalue weighted by Crippen LogP contribution is 2.38. The first kappa shape index (κ1) is 12.7. The van der Waals surface area contributed by atoms with E-state index in [1.807, 2.05) is 24.3 Å². The summed E-state index contributed by atoms with van der Waals surface area (Å²) in [5.74, 6) is 0. The number of rotatable bonds is 3. The number of hydrogen-bond acceptors (Lipinski definition) is 2. The van der Waals surface area contributed by atoms with Crippen LogP contribution in [0, 0.1) is 25.2 Å². The van der Waals surface area contributed by atoms with Gasteiger partial charge in [-0.3, -0.25) is 4.98 Å². The highest BCUT2D eigenvalue weighted by Gasteiger charge is 2.26. The molecule has 0 atom stereocenters. The summed E-state index contributed by atoms with van der Waals surface area (Å²) < 4.78 is 2.39.